The summed E-state index contributed by atoms with van der Waals surface area (Å²) in [6.07, 6.45) is 2.06. The summed E-state index contributed by atoms with van der Waals surface area (Å²) in [4.78, 5) is 11.9. The second-order valence-electron chi connectivity index (χ2n) is 4.31. The smallest absolute Gasteiger partial charge is 0.251 e. The molecule has 0 aromatic heterocycles. The van der Waals surface area contributed by atoms with Gasteiger partial charge in [0.05, 0.1) is 0 Å². The second kappa shape index (κ2) is 8.63. The molecule has 0 radical (unpaired) electrons. The Morgan fingerprint density at radius 3 is 2.68 bits per heavy atom. The number of rotatable bonds is 5. The van der Waals surface area contributed by atoms with Gasteiger partial charge in [-0.15, -0.1) is 0 Å². The Morgan fingerprint density at radius 1 is 1.42 bits per heavy atom. The Kier molecular flexibility index (Phi) is 7.09. The lowest BCUT2D eigenvalue weighted by molar-refractivity contribution is 0.0949. The molecule has 1 unspecified atom stereocenters. The van der Waals surface area contributed by atoms with E-state index in [1.807, 2.05) is 0 Å². The molecule has 1 rings (SSSR count). The maximum absolute atomic E-state index is 11.9. The average Bonchev–Trinajstić information content (AvgIpc) is 2.43. The number of aliphatic hydroxyl groups is 1. The molecule has 0 heterocycles. The minimum Gasteiger partial charge on any atom is -0.384 e. The van der Waals surface area contributed by atoms with Gasteiger partial charge in [-0.25, -0.2) is 0 Å². The quantitative estimate of drug-likeness (QED) is 0.806. The normalized spacial score (nSPS) is 11.3. The molecule has 0 aliphatic heterocycles. The first-order chi connectivity index (χ1) is 9.17. The molecule has 1 amide bonds. The van der Waals surface area contributed by atoms with Gasteiger partial charge in [0.1, 0.15) is 6.61 Å². The van der Waals surface area contributed by atoms with Gasteiger partial charge < -0.3 is 10.4 Å². The topological polar surface area (TPSA) is 49.3 Å². The van der Waals surface area contributed by atoms with Crippen molar-refractivity contribution in [3.8, 4) is 11.8 Å². The number of hydrogen-bond donors (Lipinski definition) is 2. The minimum atomic E-state index is -0.157. The maximum Gasteiger partial charge on any atom is 0.251 e. The van der Waals surface area contributed by atoms with Crippen LogP contribution in [-0.4, -0.2) is 36.2 Å². The maximum atomic E-state index is 11.9. The van der Waals surface area contributed by atoms with Crippen LogP contribution in [0.4, 0.5) is 0 Å². The van der Waals surface area contributed by atoms with Crippen LogP contribution in [0.15, 0.2) is 24.3 Å². The largest absolute Gasteiger partial charge is 0.384 e. The summed E-state index contributed by atoms with van der Waals surface area (Å²) in [5, 5.41) is 11.5. The van der Waals surface area contributed by atoms with E-state index in [-0.39, 0.29) is 12.5 Å². The zero-order valence-electron chi connectivity index (χ0n) is 11.3. The van der Waals surface area contributed by atoms with Crippen molar-refractivity contribution in [1.29, 1.82) is 0 Å². The fourth-order valence-corrected chi connectivity index (χ4v) is 2.25. The zero-order valence-corrected chi connectivity index (χ0v) is 12.1. The van der Waals surface area contributed by atoms with Crippen LogP contribution in [0.3, 0.4) is 0 Å². The first-order valence-corrected chi connectivity index (χ1v) is 7.53. The Balaban J connectivity index is 2.53. The number of carbonyl (C=O) groups excluding carboxylic acids is 1. The van der Waals surface area contributed by atoms with Gasteiger partial charge in [0.25, 0.3) is 5.91 Å². The first-order valence-electron chi connectivity index (χ1n) is 6.14. The predicted octanol–water partition coefficient (Wildman–Crippen LogP) is 1.76. The van der Waals surface area contributed by atoms with Crippen LogP contribution in [0.2, 0.25) is 0 Å². The molecule has 1 aromatic carbocycles. The van der Waals surface area contributed by atoms with Crippen molar-refractivity contribution in [3.05, 3.63) is 35.4 Å². The summed E-state index contributed by atoms with van der Waals surface area (Å²) in [5.41, 5.74) is 1.42. The van der Waals surface area contributed by atoms with E-state index in [1.54, 1.807) is 36.0 Å². The lowest BCUT2D eigenvalue weighted by atomic mass is 10.1. The van der Waals surface area contributed by atoms with Crippen molar-refractivity contribution < 1.29 is 9.90 Å². The third-order valence-electron chi connectivity index (χ3n) is 2.52. The Morgan fingerprint density at radius 2 is 2.11 bits per heavy atom. The number of carbonyl (C=O) groups is 1. The van der Waals surface area contributed by atoms with Crippen molar-refractivity contribution in [3.63, 3.8) is 0 Å². The van der Waals surface area contributed by atoms with Crippen LogP contribution in [0.1, 0.15) is 22.8 Å². The summed E-state index contributed by atoms with van der Waals surface area (Å²) < 4.78 is 0. The van der Waals surface area contributed by atoms with Crippen LogP contribution in [0.25, 0.3) is 0 Å². The van der Waals surface area contributed by atoms with Crippen molar-refractivity contribution in [2.24, 2.45) is 5.92 Å². The van der Waals surface area contributed by atoms with Gasteiger partial charge in [-0.1, -0.05) is 18.8 Å². The van der Waals surface area contributed by atoms with E-state index in [2.05, 4.69) is 30.3 Å². The van der Waals surface area contributed by atoms with E-state index in [0.29, 0.717) is 18.0 Å². The fourth-order valence-electron chi connectivity index (χ4n) is 1.56. The second-order valence-corrected chi connectivity index (χ2v) is 5.22. The van der Waals surface area contributed by atoms with Crippen molar-refractivity contribution >= 4 is 17.7 Å². The van der Waals surface area contributed by atoms with Gasteiger partial charge in [-0.3, -0.25) is 4.79 Å². The summed E-state index contributed by atoms with van der Waals surface area (Å²) in [6, 6.07) is 7.05. The molecule has 1 atom stereocenters. The molecule has 4 heteroatoms. The van der Waals surface area contributed by atoms with E-state index in [0.717, 1.165) is 11.3 Å². The highest BCUT2D eigenvalue weighted by molar-refractivity contribution is 7.98. The number of aliphatic hydroxyl groups excluding tert-OH is 1. The summed E-state index contributed by atoms with van der Waals surface area (Å²) in [5.74, 6) is 6.81. The highest BCUT2D eigenvalue weighted by Gasteiger charge is 2.07. The van der Waals surface area contributed by atoms with E-state index in [4.69, 9.17) is 5.11 Å². The average molecular weight is 277 g/mol. The standard InChI is InChI=1S/C15H19NO2S/c1-12(11-19-2)10-16-15(18)14-7-5-13(6-8-14)4-3-9-17/h5-8,12,17H,9-11H2,1-2H3,(H,16,18). The van der Waals surface area contributed by atoms with Gasteiger partial charge in [0.2, 0.25) is 0 Å². The number of nitrogens with one attached hydrogen (secondary N) is 1. The van der Waals surface area contributed by atoms with Crippen LogP contribution >= 0.6 is 11.8 Å². The molecular weight excluding hydrogens is 258 g/mol. The molecule has 0 bridgehead atoms. The zero-order chi connectivity index (χ0) is 14.1. The van der Waals surface area contributed by atoms with Gasteiger partial charge in [-0.05, 0) is 42.2 Å². The summed E-state index contributed by atoms with van der Waals surface area (Å²) in [6.45, 7) is 2.64. The Bertz CT molecular complexity index is 459. The first kappa shape index (κ1) is 15.6. The summed E-state index contributed by atoms with van der Waals surface area (Å²) in [7, 11) is 0. The van der Waals surface area contributed by atoms with Crippen molar-refractivity contribution in [2.45, 2.75) is 6.92 Å². The molecule has 1 aromatic rings. The lowest BCUT2D eigenvalue weighted by Crippen LogP contribution is -2.29. The number of hydrogen-bond acceptors (Lipinski definition) is 3. The van der Waals surface area contributed by atoms with Crippen LogP contribution < -0.4 is 5.32 Å². The van der Waals surface area contributed by atoms with Crippen molar-refractivity contribution in [2.75, 3.05) is 25.2 Å². The van der Waals surface area contributed by atoms with E-state index in [1.165, 1.54) is 0 Å². The molecule has 0 saturated heterocycles. The molecule has 0 saturated carbocycles. The molecule has 3 nitrogen and oxygen atoms in total. The monoisotopic (exact) mass is 277 g/mol. The van der Waals surface area contributed by atoms with Crippen LogP contribution in [0.5, 0.6) is 0 Å². The predicted molar refractivity (Wildman–Crippen MR) is 80.3 cm³/mol. The van der Waals surface area contributed by atoms with Crippen LogP contribution in [-0.2, 0) is 0 Å². The van der Waals surface area contributed by atoms with Gasteiger partial charge >= 0.3 is 0 Å². The molecule has 0 aliphatic rings. The number of amides is 1. The van der Waals surface area contributed by atoms with E-state index in [9.17, 15) is 4.79 Å². The lowest BCUT2D eigenvalue weighted by Gasteiger charge is -2.11. The minimum absolute atomic E-state index is 0.0605. The van der Waals surface area contributed by atoms with Gasteiger partial charge in [0, 0.05) is 17.7 Å². The molecule has 0 fully saturated rings. The van der Waals surface area contributed by atoms with Crippen LogP contribution in [0, 0.1) is 17.8 Å². The van der Waals surface area contributed by atoms with Gasteiger partial charge in [-0.2, -0.15) is 11.8 Å². The molecular formula is C15H19NO2S. The van der Waals surface area contributed by atoms with E-state index >= 15 is 0 Å². The van der Waals surface area contributed by atoms with Gasteiger partial charge in [0.15, 0.2) is 0 Å². The Labute approximate surface area is 118 Å². The third-order valence-corrected chi connectivity index (χ3v) is 3.42. The molecule has 19 heavy (non-hydrogen) atoms. The summed E-state index contributed by atoms with van der Waals surface area (Å²) >= 11 is 1.78. The molecule has 0 spiro atoms. The molecule has 0 aliphatic carbocycles. The third kappa shape index (κ3) is 5.82. The highest BCUT2D eigenvalue weighted by Crippen LogP contribution is 2.05. The SMILES string of the molecule is CSCC(C)CNC(=O)c1ccc(C#CCO)cc1. The number of thioether (sulfide) groups is 1. The Hall–Kier alpha value is -1.44. The number of benzene rings is 1. The van der Waals surface area contributed by atoms with E-state index < -0.39 is 0 Å². The fraction of sp³-hybridized carbons (Fsp3) is 0.400. The van der Waals surface area contributed by atoms with Crippen molar-refractivity contribution in [1.82, 2.24) is 5.32 Å². The molecule has 2 N–H and O–H groups in total. The molecule has 102 valence electrons. The highest BCUT2D eigenvalue weighted by atomic mass is 32.2.